The van der Waals surface area contributed by atoms with Crippen LogP contribution >= 0.6 is 0 Å². The molecule has 0 aliphatic heterocycles. The Morgan fingerprint density at radius 1 is 1.43 bits per heavy atom. The van der Waals surface area contributed by atoms with E-state index in [1.165, 1.54) is 25.7 Å². The third-order valence-corrected chi connectivity index (χ3v) is 3.59. The van der Waals surface area contributed by atoms with Gasteiger partial charge >= 0.3 is 5.97 Å². The first-order chi connectivity index (χ1) is 6.63. The van der Waals surface area contributed by atoms with Crippen LogP contribution in [0.5, 0.6) is 0 Å². The van der Waals surface area contributed by atoms with Gasteiger partial charge in [-0.05, 0) is 30.6 Å². The van der Waals surface area contributed by atoms with Gasteiger partial charge in [0.15, 0.2) is 0 Å². The van der Waals surface area contributed by atoms with E-state index >= 15 is 0 Å². The molecule has 1 fully saturated rings. The quantitative estimate of drug-likeness (QED) is 0.752. The van der Waals surface area contributed by atoms with Gasteiger partial charge in [0.1, 0.15) is 0 Å². The summed E-state index contributed by atoms with van der Waals surface area (Å²) in [7, 11) is 0. The third kappa shape index (κ3) is 3.32. The SMILES string of the molecule is CCCC1CC[C@@H](CC(=O)O)[C@H](C)C1. The molecule has 82 valence electrons. The summed E-state index contributed by atoms with van der Waals surface area (Å²) < 4.78 is 0. The standard InChI is InChI=1S/C12H22O2/c1-3-4-10-5-6-11(8-12(13)14)9(2)7-10/h9-11H,3-8H2,1-2H3,(H,13,14)/t9-,10?,11+/m1/s1. The second kappa shape index (κ2) is 5.38. The van der Waals surface area contributed by atoms with Crippen LogP contribution in [-0.2, 0) is 4.79 Å². The molecule has 1 aliphatic rings. The molecule has 1 saturated carbocycles. The first-order valence-electron chi connectivity index (χ1n) is 5.85. The van der Waals surface area contributed by atoms with Crippen molar-refractivity contribution in [3.05, 3.63) is 0 Å². The lowest BCUT2D eigenvalue weighted by molar-refractivity contribution is -0.138. The highest BCUT2D eigenvalue weighted by Gasteiger charge is 2.28. The molecule has 1 aliphatic carbocycles. The number of carboxylic acid groups (broad SMARTS) is 1. The monoisotopic (exact) mass is 198 g/mol. The summed E-state index contributed by atoms with van der Waals surface area (Å²) in [4.78, 5) is 10.6. The average Bonchev–Trinajstić information content (AvgIpc) is 2.10. The Balaban J connectivity index is 2.35. The van der Waals surface area contributed by atoms with Crippen LogP contribution in [0.2, 0.25) is 0 Å². The van der Waals surface area contributed by atoms with Crippen LogP contribution < -0.4 is 0 Å². The number of hydrogen-bond donors (Lipinski definition) is 1. The first kappa shape index (κ1) is 11.5. The molecule has 0 amide bonds. The largest absolute Gasteiger partial charge is 0.481 e. The molecule has 14 heavy (non-hydrogen) atoms. The van der Waals surface area contributed by atoms with Gasteiger partial charge in [0, 0.05) is 6.42 Å². The summed E-state index contributed by atoms with van der Waals surface area (Å²) in [6.07, 6.45) is 6.57. The predicted octanol–water partition coefficient (Wildman–Crippen LogP) is 3.31. The smallest absolute Gasteiger partial charge is 0.303 e. The molecule has 0 aromatic rings. The van der Waals surface area contributed by atoms with Gasteiger partial charge in [-0.3, -0.25) is 4.79 Å². The van der Waals surface area contributed by atoms with Gasteiger partial charge in [0.2, 0.25) is 0 Å². The van der Waals surface area contributed by atoms with Crippen molar-refractivity contribution < 1.29 is 9.90 Å². The summed E-state index contributed by atoms with van der Waals surface area (Å²) in [5, 5.41) is 8.75. The van der Waals surface area contributed by atoms with E-state index in [-0.39, 0.29) is 0 Å². The van der Waals surface area contributed by atoms with E-state index < -0.39 is 5.97 Å². The van der Waals surface area contributed by atoms with E-state index in [9.17, 15) is 4.79 Å². The van der Waals surface area contributed by atoms with Crippen LogP contribution in [0.3, 0.4) is 0 Å². The zero-order valence-electron chi connectivity index (χ0n) is 9.33. The van der Waals surface area contributed by atoms with Gasteiger partial charge in [-0.25, -0.2) is 0 Å². The fourth-order valence-electron chi connectivity index (χ4n) is 2.77. The van der Waals surface area contributed by atoms with Crippen LogP contribution in [0, 0.1) is 17.8 Å². The molecule has 0 aromatic carbocycles. The van der Waals surface area contributed by atoms with Gasteiger partial charge in [0.05, 0.1) is 0 Å². The lowest BCUT2D eigenvalue weighted by atomic mass is 9.72. The maximum atomic E-state index is 10.6. The van der Waals surface area contributed by atoms with Crippen molar-refractivity contribution in [2.45, 2.75) is 52.4 Å². The fraction of sp³-hybridized carbons (Fsp3) is 0.917. The van der Waals surface area contributed by atoms with E-state index in [0.29, 0.717) is 18.3 Å². The van der Waals surface area contributed by atoms with E-state index in [1.807, 2.05) is 0 Å². The predicted molar refractivity (Wildman–Crippen MR) is 57.2 cm³/mol. The average molecular weight is 198 g/mol. The molecule has 0 heterocycles. The highest BCUT2D eigenvalue weighted by atomic mass is 16.4. The highest BCUT2D eigenvalue weighted by molar-refractivity contribution is 5.67. The highest BCUT2D eigenvalue weighted by Crippen LogP contribution is 2.37. The van der Waals surface area contributed by atoms with Crippen molar-refractivity contribution in [2.24, 2.45) is 17.8 Å². The normalized spacial score (nSPS) is 32.9. The van der Waals surface area contributed by atoms with Gasteiger partial charge in [-0.15, -0.1) is 0 Å². The van der Waals surface area contributed by atoms with Crippen molar-refractivity contribution >= 4 is 5.97 Å². The van der Waals surface area contributed by atoms with E-state index in [4.69, 9.17) is 5.11 Å². The Morgan fingerprint density at radius 3 is 2.64 bits per heavy atom. The molecule has 0 aromatic heterocycles. The van der Waals surface area contributed by atoms with E-state index in [1.54, 1.807) is 0 Å². The van der Waals surface area contributed by atoms with Crippen molar-refractivity contribution in [3.8, 4) is 0 Å². The van der Waals surface area contributed by atoms with Crippen molar-refractivity contribution in [2.75, 3.05) is 0 Å². The molecule has 2 nitrogen and oxygen atoms in total. The molecule has 1 rings (SSSR count). The summed E-state index contributed by atoms with van der Waals surface area (Å²) in [6.45, 7) is 4.45. The van der Waals surface area contributed by atoms with E-state index in [2.05, 4.69) is 13.8 Å². The molecule has 2 heteroatoms. The fourth-order valence-corrected chi connectivity index (χ4v) is 2.77. The second-order valence-electron chi connectivity index (χ2n) is 4.80. The molecular formula is C12H22O2. The van der Waals surface area contributed by atoms with Crippen molar-refractivity contribution in [3.63, 3.8) is 0 Å². The van der Waals surface area contributed by atoms with Crippen molar-refractivity contribution in [1.29, 1.82) is 0 Å². The number of carbonyl (C=O) groups is 1. The van der Waals surface area contributed by atoms with E-state index in [0.717, 1.165) is 12.3 Å². The van der Waals surface area contributed by atoms with Crippen LogP contribution in [0.1, 0.15) is 52.4 Å². The third-order valence-electron chi connectivity index (χ3n) is 3.59. The number of aliphatic carboxylic acids is 1. The minimum absolute atomic E-state index is 0.375. The topological polar surface area (TPSA) is 37.3 Å². The van der Waals surface area contributed by atoms with Gasteiger partial charge in [-0.1, -0.05) is 33.1 Å². The summed E-state index contributed by atoms with van der Waals surface area (Å²) in [5.74, 6) is 1.27. The van der Waals surface area contributed by atoms with Crippen LogP contribution in [-0.4, -0.2) is 11.1 Å². The Bertz CT molecular complexity index is 189. The second-order valence-corrected chi connectivity index (χ2v) is 4.80. The minimum atomic E-state index is -0.629. The Hall–Kier alpha value is -0.530. The zero-order chi connectivity index (χ0) is 10.6. The van der Waals surface area contributed by atoms with Crippen LogP contribution in [0.4, 0.5) is 0 Å². The summed E-state index contributed by atoms with van der Waals surface area (Å²) >= 11 is 0. The lowest BCUT2D eigenvalue weighted by Gasteiger charge is -2.33. The van der Waals surface area contributed by atoms with Crippen molar-refractivity contribution in [1.82, 2.24) is 0 Å². The molecular weight excluding hydrogens is 176 g/mol. The summed E-state index contributed by atoms with van der Waals surface area (Å²) in [5.41, 5.74) is 0. The van der Waals surface area contributed by atoms with Gasteiger partial charge in [-0.2, -0.15) is 0 Å². The van der Waals surface area contributed by atoms with Crippen LogP contribution in [0.25, 0.3) is 0 Å². The summed E-state index contributed by atoms with van der Waals surface area (Å²) in [6, 6.07) is 0. The molecule has 1 N–H and O–H groups in total. The number of rotatable bonds is 4. The maximum Gasteiger partial charge on any atom is 0.303 e. The molecule has 0 radical (unpaired) electrons. The Labute approximate surface area is 86.7 Å². The Morgan fingerprint density at radius 2 is 2.14 bits per heavy atom. The molecule has 0 bridgehead atoms. The zero-order valence-corrected chi connectivity index (χ0v) is 9.33. The van der Waals surface area contributed by atoms with Gasteiger partial charge < -0.3 is 5.11 Å². The maximum absolute atomic E-state index is 10.6. The Kier molecular flexibility index (Phi) is 4.43. The first-order valence-corrected chi connectivity index (χ1v) is 5.85. The lowest BCUT2D eigenvalue weighted by Crippen LogP contribution is -2.24. The molecule has 0 spiro atoms. The molecule has 1 unspecified atom stereocenters. The molecule has 0 saturated heterocycles. The molecule has 3 atom stereocenters. The number of carboxylic acids is 1. The van der Waals surface area contributed by atoms with Gasteiger partial charge in [0.25, 0.3) is 0 Å². The minimum Gasteiger partial charge on any atom is -0.481 e. The number of hydrogen-bond acceptors (Lipinski definition) is 1. The van der Waals surface area contributed by atoms with Crippen LogP contribution in [0.15, 0.2) is 0 Å².